The molecule has 180 valence electrons. The number of halogens is 4. The van der Waals surface area contributed by atoms with Crippen LogP contribution in [0.2, 0.25) is 0 Å². The van der Waals surface area contributed by atoms with Crippen molar-refractivity contribution >= 4 is 28.3 Å². The quantitative estimate of drug-likeness (QED) is 0.264. The van der Waals surface area contributed by atoms with Gasteiger partial charge in [-0.3, -0.25) is 4.79 Å². The molecular weight excluding hydrogens is 490 g/mol. The van der Waals surface area contributed by atoms with Crippen LogP contribution in [0, 0.1) is 5.82 Å². The smallest absolute Gasteiger partial charge is 0.364 e. The van der Waals surface area contributed by atoms with Crippen LogP contribution in [0.1, 0.15) is 26.6 Å². The van der Waals surface area contributed by atoms with Crippen LogP contribution in [0.4, 0.5) is 17.6 Å². The molecule has 0 saturated heterocycles. The zero-order valence-corrected chi connectivity index (χ0v) is 19.3. The topological polar surface area (TPSA) is 68.9 Å². The fraction of sp³-hybridized carbons (Fsp3) is 0.0741. The molecule has 9 heteroatoms. The van der Waals surface area contributed by atoms with Crippen LogP contribution in [-0.2, 0) is 12.6 Å². The second-order valence-corrected chi connectivity index (χ2v) is 9.22. The molecule has 36 heavy (non-hydrogen) atoms. The number of amides is 1. The Kier molecular flexibility index (Phi) is 6.01. The van der Waals surface area contributed by atoms with Crippen molar-refractivity contribution in [1.29, 1.82) is 0 Å². The Morgan fingerprint density at radius 1 is 0.861 bits per heavy atom. The van der Waals surface area contributed by atoms with Crippen molar-refractivity contribution in [3.8, 4) is 21.6 Å². The lowest BCUT2D eigenvalue weighted by Crippen LogP contribution is -2.17. The van der Waals surface area contributed by atoms with Gasteiger partial charge >= 0.3 is 6.18 Å². The van der Waals surface area contributed by atoms with Gasteiger partial charge in [0.05, 0.1) is 22.3 Å². The SMILES string of the molecule is NC(=O)c1nc2cccc(-c3ccccc3F)c2nc1Cc1ccc(-c2ccc(C(F)(F)F)cc2)s1. The van der Waals surface area contributed by atoms with Crippen molar-refractivity contribution in [2.45, 2.75) is 12.6 Å². The number of carbonyl (C=O) groups is 1. The number of nitrogens with two attached hydrogens (primary N) is 1. The molecule has 0 aliphatic rings. The molecule has 0 radical (unpaired) electrons. The van der Waals surface area contributed by atoms with Gasteiger partial charge in [-0.05, 0) is 42.0 Å². The van der Waals surface area contributed by atoms with Crippen molar-refractivity contribution < 1.29 is 22.4 Å². The lowest BCUT2D eigenvalue weighted by Gasteiger charge is -2.11. The minimum atomic E-state index is -4.40. The molecule has 0 aliphatic heterocycles. The number of thiophene rings is 1. The molecule has 5 aromatic rings. The van der Waals surface area contributed by atoms with Crippen LogP contribution in [0.25, 0.3) is 32.6 Å². The summed E-state index contributed by atoms with van der Waals surface area (Å²) in [5.74, 6) is -1.15. The normalized spacial score (nSPS) is 11.7. The van der Waals surface area contributed by atoms with E-state index in [9.17, 15) is 22.4 Å². The molecule has 3 aromatic carbocycles. The molecule has 0 atom stereocenters. The van der Waals surface area contributed by atoms with E-state index < -0.39 is 23.5 Å². The average Bonchev–Trinajstić information content (AvgIpc) is 3.32. The summed E-state index contributed by atoms with van der Waals surface area (Å²) in [7, 11) is 0. The lowest BCUT2D eigenvalue weighted by molar-refractivity contribution is -0.137. The van der Waals surface area contributed by atoms with E-state index >= 15 is 0 Å². The van der Waals surface area contributed by atoms with Crippen molar-refractivity contribution in [2.75, 3.05) is 0 Å². The number of hydrogen-bond acceptors (Lipinski definition) is 4. The number of hydrogen-bond donors (Lipinski definition) is 1. The van der Waals surface area contributed by atoms with Gasteiger partial charge in [-0.1, -0.05) is 42.5 Å². The van der Waals surface area contributed by atoms with E-state index in [1.165, 1.54) is 29.5 Å². The average molecular weight is 508 g/mol. The number of carbonyl (C=O) groups excluding carboxylic acids is 1. The first kappa shape index (κ1) is 23.6. The first-order valence-electron chi connectivity index (χ1n) is 10.8. The molecule has 2 N–H and O–H groups in total. The van der Waals surface area contributed by atoms with E-state index in [4.69, 9.17) is 5.73 Å². The van der Waals surface area contributed by atoms with Gasteiger partial charge < -0.3 is 5.73 Å². The molecule has 0 fully saturated rings. The first-order valence-corrected chi connectivity index (χ1v) is 11.6. The largest absolute Gasteiger partial charge is 0.416 e. The third-order valence-electron chi connectivity index (χ3n) is 5.66. The Hall–Kier alpha value is -4.11. The minimum absolute atomic E-state index is 0.0117. The molecule has 1 amide bonds. The second kappa shape index (κ2) is 9.16. The van der Waals surface area contributed by atoms with Crippen LogP contribution in [0.5, 0.6) is 0 Å². The van der Waals surface area contributed by atoms with Gasteiger partial charge in [-0.25, -0.2) is 14.4 Å². The van der Waals surface area contributed by atoms with E-state index in [1.807, 2.05) is 6.07 Å². The Morgan fingerprint density at radius 2 is 1.58 bits per heavy atom. The van der Waals surface area contributed by atoms with Gasteiger partial charge in [0, 0.05) is 27.3 Å². The summed E-state index contributed by atoms with van der Waals surface area (Å²) >= 11 is 1.36. The molecule has 0 unspecified atom stereocenters. The van der Waals surface area contributed by atoms with E-state index in [2.05, 4.69) is 9.97 Å². The summed E-state index contributed by atoms with van der Waals surface area (Å²) in [6.07, 6.45) is -4.18. The van der Waals surface area contributed by atoms with Gasteiger partial charge in [0.2, 0.25) is 0 Å². The highest BCUT2D eigenvalue weighted by Crippen LogP contribution is 2.34. The van der Waals surface area contributed by atoms with E-state index in [-0.39, 0.29) is 12.1 Å². The van der Waals surface area contributed by atoms with Crippen molar-refractivity contribution in [3.05, 3.63) is 107 Å². The fourth-order valence-electron chi connectivity index (χ4n) is 3.95. The van der Waals surface area contributed by atoms with Gasteiger partial charge in [0.1, 0.15) is 5.82 Å². The summed E-state index contributed by atoms with van der Waals surface area (Å²) < 4.78 is 53.1. The molecule has 2 heterocycles. The number of aromatic nitrogens is 2. The predicted octanol–water partition coefficient (Wildman–Crippen LogP) is 6.87. The molecule has 4 nitrogen and oxygen atoms in total. The summed E-state index contributed by atoms with van der Waals surface area (Å²) in [5, 5.41) is 0. The zero-order valence-electron chi connectivity index (χ0n) is 18.5. The number of rotatable bonds is 5. The summed E-state index contributed by atoms with van der Waals surface area (Å²) in [6.45, 7) is 0. The molecule has 0 bridgehead atoms. The highest BCUT2D eigenvalue weighted by molar-refractivity contribution is 7.15. The minimum Gasteiger partial charge on any atom is -0.364 e. The number of alkyl halides is 3. The van der Waals surface area contributed by atoms with Crippen LogP contribution in [0.3, 0.4) is 0 Å². The number of benzene rings is 3. The second-order valence-electron chi connectivity index (χ2n) is 8.05. The number of primary amides is 1. The molecule has 0 saturated carbocycles. The predicted molar refractivity (Wildman–Crippen MR) is 131 cm³/mol. The lowest BCUT2D eigenvalue weighted by atomic mass is 10.0. The third-order valence-corrected chi connectivity index (χ3v) is 6.80. The number of nitrogens with zero attached hydrogens (tertiary/aromatic N) is 2. The maximum absolute atomic E-state index is 14.5. The van der Waals surface area contributed by atoms with Gasteiger partial charge in [0.15, 0.2) is 5.69 Å². The Morgan fingerprint density at radius 3 is 2.28 bits per heavy atom. The van der Waals surface area contributed by atoms with E-state index in [0.717, 1.165) is 21.9 Å². The van der Waals surface area contributed by atoms with Crippen LogP contribution < -0.4 is 5.73 Å². The summed E-state index contributed by atoms with van der Waals surface area (Å²) in [6, 6.07) is 20.0. The van der Waals surface area contributed by atoms with Gasteiger partial charge in [-0.15, -0.1) is 11.3 Å². The van der Waals surface area contributed by atoms with Crippen molar-refractivity contribution in [1.82, 2.24) is 9.97 Å². The molecular formula is C27H17F4N3OS. The molecule has 0 spiro atoms. The summed E-state index contributed by atoms with van der Waals surface area (Å²) in [4.78, 5) is 22.9. The maximum atomic E-state index is 14.5. The molecule has 5 rings (SSSR count). The first-order chi connectivity index (χ1) is 17.2. The van der Waals surface area contributed by atoms with Crippen molar-refractivity contribution in [2.24, 2.45) is 5.73 Å². The van der Waals surface area contributed by atoms with Crippen LogP contribution in [0.15, 0.2) is 78.9 Å². The van der Waals surface area contributed by atoms with Crippen molar-refractivity contribution in [3.63, 3.8) is 0 Å². The Balaban J connectivity index is 1.54. The van der Waals surface area contributed by atoms with E-state index in [0.29, 0.717) is 33.4 Å². The molecule has 0 aliphatic carbocycles. The standard InChI is InChI=1S/C27H17F4N3OS/c28-20-6-2-1-4-18(20)19-5-3-7-21-24(19)34-22(25(33-21)26(32)35)14-17-12-13-23(36-17)15-8-10-16(11-9-15)27(29,30)31/h1-13H,14H2,(H2,32,35). The van der Waals surface area contributed by atoms with Gasteiger partial charge in [-0.2, -0.15) is 13.2 Å². The number of fused-ring (bicyclic) bond motifs is 1. The maximum Gasteiger partial charge on any atom is 0.416 e. The van der Waals surface area contributed by atoms with Crippen LogP contribution in [-0.4, -0.2) is 15.9 Å². The third kappa shape index (κ3) is 4.57. The fourth-order valence-corrected chi connectivity index (χ4v) is 4.96. The van der Waals surface area contributed by atoms with Crippen LogP contribution >= 0.6 is 11.3 Å². The highest BCUT2D eigenvalue weighted by atomic mass is 32.1. The summed E-state index contributed by atoms with van der Waals surface area (Å²) in [5.41, 5.74) is 7.59. The monoisotopic (exact) mass is 507 g/mol. The Labute approximate surface area is 207 Å². The van der Waals surface area contributed by atoms with E-state index in [1.54, 1.807) is 42.5 Å². The van der Waals surface area contributed by atoms with Gasteiger partial charge in [0.25, 0.3) is 5.91 Å². The molecule has 2 aromatic heterocycles. The zero-order chi connectivity index (χ0) is 25.4. The highest BCUT2D eigenvalue weighted by Gasteiger charge is 2.30. The number of para-hydroxylation sites is 1. The Bertz CT molecular complexity index is 1590.